The number of hydrogen-bond donors (Lipinski definition) is 2. The molecule has 164 valence electrons. The molecule has 0 bridgehead atoms. The maximum Gasteiger partial charge on any atom is 0.213 e. The Morgan fingerprint density at radius 3 is 2.61 bits per heavy atom. The molecule has 3 aromatic carbocycles. The van der Waals surface area contributed by atoms with E-state index in [1.165, 1.54) is 16.5 Å². The van der Waals surface area contributed by atoms with Crippen molar-refractivity contribution in [3.63, 3.8) is 0 Å². The summed E-state index contributed by atoms with van der Waals surface area (Å²) in [4.78, 5) is 3.64. The van der Waals surface area contributed by atoms with Crippen LogP contribution in [0.25, 0.3) is 10.9 Å². The zero-order valence-corrected chi connectivity index (χ0v) is 19.4. The third-order valence-electron chi connectivity index (χ3n) is 6.60. The smallest absolute Gasteiger partial charge is 0.213 e. The van der Waals surface area contributed by atoms with Gasteiger partial charge in [-0.2, -0.15) is 0 Å². The minimum Gasteiger partial charge on any atom is -0.493 e. The second-order valence-electron chi connectivity index (χ2n) is 8.51. The molecule has 2 aromatic heterocycles. The van der Waals surface area contributed by atoms with E-state index >= 15 is 0 Å². The zero-order valence-electron chi connectivity index (χ0n) is 17.8. The van der Waals surface area contributed by atoms with E-state index in [4.69, 9.17) is 23.8 Å². The van der Waals surface area contributed by atoms with Crippen molar-refractivity contribution in [1.82, 2.24) is 14.1 Å². The Morgan fingerprint density at radius 1 is 1.00 bits per heavy atom. The monoisotopic (exact) mass is 471 g/mol. The van der Waals surface area contributed by atoms with Crippen LogP contribution in [-0.2, 0) is 19.4 Å². The number of fused-ring (bicyclic) bond motifs is 4. The van der Waals surface area contributed by atoms with Crippen LogP contribution in [0.5, 0.6) is 5.88 Å². The van der Waals surface area contributed by atoms with Crippen LogP contribution in [-0.4, -0.2) is 19.2 Å². The molecule has 6 heteroatoms. The van der Waals surface area contributed by atoms with Gasteiger partial charge in [-0.25, -0.2) is 0 Å². The average Bonchev–Trinajstić information content (AvgIpc) is 3.32. The first kappa shape index (κ1) is 20.3. The molecule has 5 aromatic rings. The first-order chi connectivity index (χ1) is 16.1. The van der Waals surface area contributed by atoms with Crippen LogP contribution in [0.15, 0.2) is 78.9 Å². The molecule has 2 N–H and O–H groups in total. The quantitative estimate of drug-likeness (QED) is 0.283. The Morgan fingerprint density at radius 2 is 1.79 bits per heavy atom. The summed E-state index contributed by atoms with van der Waals surface area (Å²) in [6.45, 7) is 0.617. The van der Waals surface area contributed by atoms with Crippen molar-refractivity contribution in [1.29, 1.82) is 0 Å². The third-order valence-corrected chi connectivity index (χ3v) is 7.25. The maximum absolute atomic E-state index is 11.3. The third kappa shape index (κ3) is 3.31. The molecule has 0 fully saturated rings. The van der Waals surface area contributed by atoms with Gasteiger partial charge in [0, 0.05) is 34.6 Å². The van der Waals surface area contributed by atoms with Crippen LogP contribution >= 0.6 is 23.8 Å². The molecule has 1 aliphatic rings. The highest BCUT2D eigenvalue weighted by atomic mass is 35.5. The number of halogens is 1. The van der Waals surface area contributed by atoms with Crippen molar-refractivity contribution in [2.45, 2.75) is 25.4 Å². The van der Waals surface area contributed by atoms with Gasteiger partial charge in [0.05, 0.1) is 5.69 Å². The molecule has 0 amide bonds. The zero-order chi connectivity index (χ0) is 22.5. The van der Waals surface area contributed by atoms with Gasteiger partial charge in [0.25, 0.3) is 0 Å². The Kier molecular flexibility index (Phi) is 4.89. The van der Waals surface area contributed by atoms with Gasteiger partial charge in [0.1, 0.15) is 6.04 Å². The summed E-state index contributed by atoms with van der Waals surface area (Å²) >= 11 is 12.3. The van der Waals surface area contributed by atoms with E-state index < -0.39 is 0 Å². The van der Waals surface area contributed by atoms with Crippen LogP contribution in [0, 0.1) is 4.77 Å². The fourth-order valence-electron chi connectivity index (χ4n) is 5.05. The predicted molar refractivity (Wildman–Crippen MR) is 135 cm³/mol. The van der Waals surface area contributed by atoms with Gasteiger partial charge in [0.15, 0.2) is 4.77 Å². The normalized spacial score (nSPS) is 14.9. The molecule has 0 aliphatic carbocycles. The van der Waals surface area contributed by atoms with E-state index in [-0.39, 0.29) is 11.9 Å². The maximum atomic E-state index is 11.3. The molecule has 4 nitrogen and oxygen atoms in total. The second-order valence-corrected chi connectivity index (χ2v) is 9.31. The van der Waals surface area contributed by atoms with Crippen molar-refractivity contribution in [2.24, 2.45) is 0 Å². The number of aromatic nitrogens is 3. The number of rotatable bonds is 4. The van der Waals surface area contributed by atoms with Crippen molar-refractivity contribution >= 4 is 34.7 Å². The highest BCUT2D eigenvalue weighted by Crippen LogP contribution is 2.43. The molecule has 0 saturated heterocycles. The fourth-order valence-corrected chi connectivity index (χ4v) is 5.64. The van der Waals surface area contributed by atoms with Gasteiger partial charge >= 0.3 is 0 Å². The number of aromatic hydroxyl groups is 1. The number of benzene rings is 3. The Hall–Kier alpha value is -3.28. The molecule has 1 atom stereocenters. The highest BCUT2D eigenvalue weighted by molar-refractivity contribution is 7.71. The van der Waals surface area contributed by atoms with Gasteiger partial charge in [0.2, 0.25) is 5.88 Å². The van der Waals surface area contributed by atoms with Gasteiger partial charge in [-0.1, -0.05) is 72.3 Å². The summed E-state index contributed by atoms with van der Waals surface area (Å²) in [5.74, 6) is 0.249. The van der Waals surface area contributed by atoms with Gasteiger partial charge in [-0.15, -0.1) is 0 Å². The predicted octanol–water partition coefficient (Wildman–Crippen LogP) is 6.64. The lowest BCUT2D eigenvalue weighted by molar-refractivity contribution is 0.410. The van der Waals surface area contributed by atoms with Gasteiger partial charge in [-0.05, 0) is 53.5 Å². The first-order valence-corrected chi connectivity index (χ1v) is 11.8. The van der Waals surface area contributed by atoms with Crippen molar-refractivity contribution < 1.29 is 5.11 Å². The molecule has 1 aliphatic heterocycles. The average molecular weight is 472 g/mol. The van der Waals surface area contributed by atoms with E-state index in [2.05, 4.69) is 45.9 Å². The second kappa shape index (κ2) is 7.94. The van der Waals surface area contributed by atoms with E-state index in [1.807, 2.05) is 47.0 Å². The number of para-hydroxylation sites is 1. The van der Waals surface area contributed by atoms with Crippen LogP contribution in [0.3, 0.4) is 0 Å². The van der Waals surface area contributed by atoms with Crippen molar-refractivity contribution in [3.05, 3.63) is 117 Å². The molecular formula is C27H22ClN3OS. The molecule has 3 heterocycles. The first-order valence-electron chi connectivity index (χ1n) is 11.0. The van der Waals surface area contributed by atoms with E-state index in [1.54, 1.807) is 0 Å². The summed E-state index contributed by atoms with van der Waals surface area (Å²) in [5.41, 5.74) is 6.47. The summed E-state index contributed by atoms with van der Waals surface area (Å²) in [5, 5.41) is 13.2. The Balaban J connectivity index is 1.53. The number of nitrogens with zero attached hydrogens (tertiary/aromatic N) is 2. The lowest BCUT2D eigenvalue weighted by Gasteiger charge is -2.26. The lowest BCUT2D eigenvalue weighted by atomic mass is 9.93. The molecule has 1 unspecified atom stereocenters. The van der Waals surface area contributed by atoms with E-state index in [9.17, 15) is 5.11 Å². The minimum absolute atomic E-state index is 0.189. The lowest BCUT2D eigenvalue weighted by Crippen LogP contribution is -2.21. The highest BCUT2D eigenvalue weighted by Gasteiger charge is 2.34. The molecule has 33 heavy (non-hydrogen) atoms. The Bertz CT molecular complexity index is 1550. The number of H-pyrrole nitrogens is 1. The topological polar surface area (TPSA) is 45.9 Å². The van der Waals surface area contributed by atoms with Crippen LogP contribution < -0.4 is 0 Å². The molecule has 0 radical (unpaired) electrons. The number of aryl methyl sites for hydroxylation is 1. The fraction of sp³-hybridized carbons (Fsp3) is 0.148. The summed E-state index contributed by atoms with van der Waals surface area (Å²) < 4.78 is 4.58. The molecule has 0 saturated carbocycles. The largest absolute Gasteiger partial charge is 0.493 e. The van der Waals surface area contributed by atoms with Gasteiger partial charge < -0.3 is 14.7 Å². The van der Waals surface area contributed by atoms with Gasteiger partial charge in [-0.3, -0.25) is 4.57 Å². The van der Waals surface area contributed by atoms with Crippen LogP contribution in [0.4, 0.5) is 0 Å². The van der Waals surface area contributed by atoms with E-state index in [0.717, 1.165) is 28.9 Å². The van der Waals surface area contributed by atoms with E-state index in [0.29, 0.717) is 22.8 Å². The van der Waals surface area contributed by atoms with Crippen molar-refractivity contribution in [2.75, 3.05) is 0 Å². The summed E-state index contributed by atoms with van der Waals surface area (Å²) in [7, 11) is 0. The standard InChI is InChI=1S/C27H22ClN3OS/c28-19-10-6-9-18(15-19)25-24-21(20-11-4-5-12-22(20)29-24)16-23-26(32)30(27(33)31(23)25)14-13-17-7-2-1-3-8-17/h1-12,15,25,29,32H,13-14,16H2. The number of aromatic amines is 1. The summed E-state index contributed by atoms with van der Waals surface area (Å²) in [6.07, 6.45) is 1.41. The molecule has 0 spiro atoms. The minimum atomic E-state index is -0.189. The van der Waals surface area contributed by atoms with Crippen LogP contribution in [0.2, 0.25) is 5.02 Å². The number of imidazole rings is 1. The molecular weight excluding hydrogens is 450 g/mol. The SMILES string of the molecule is Oc1c2n(c(=S)n1CCc1ccccc1)C(c1cccc(Cl)c1)c1[nH]c3ccccc3c1C2. The summed E-state index contributed by atoms with van der Waals surface area (Å²) in [6, 6.07) is 26.3. The van der Waals surface area contributed by atoms with Crippen molar-refractivity contribution in [3.8, 4) is 5.88 Å². The molecule has 6 rings (SSSR count). The Labute approximate surface area is 201 Å². The number of nitrogens with one attached hydrogen (secondary N) is 1. The van der Waals surface area contributed by atoms with Crippen LogP contribution in [0.1, 0.15) is 34.1 Å². The number of hydrogen-bond acceptors (Lipinski definition) is 2.